The van der Waals surface area contributed by atoms with Crippen LogP contribution in [0, 0.1) is 3.57 Å². The number of rotatable bonds is 2. The lowest BCUT2D eigenvalue weighted by Gasteiger charge is -2.21. The van der Waals surface area contributed by atoms with E-state index in [0.29, 0.717) is 12.1 Å². The molecule has 0 aliphatic carbocycles. The first-order chi connectivity index (χ1) is 9.15. The molecule has 2 atom stereocenters. The summed E-state index contributed by atoms with van der Waals surface area (Å²) in [4.78, 5) is 14.9. The van der Waals surface area contributed by atoms with E-state index in [1.54, 1.807) is 0 Å². The standard InChI is InChI=1S/C14H16BrIN2O/c15-11-4-3-9(16)8-10(11)14(19)17-12-5-7-18-6-1-2-13(12)18/h3-4,8,12-13H,1-2,5-7H2,(H,17,19). The molecule has 0 aromatic heterocycles. The summed E-state index contributed by atoms with van der Waals surface area (Å²) in [6.07, 6.45) is 3.57. The third kappa shape index (κ3) is 2.83. The van der Waals surface area contributed by atoms with E-state index >= 15 is 0 Å². The SMILES string of the molecule is O=C(NC1CCN2CCCC12)c1cc(I)ccc1Br. The molecule has 2 unspecified atom stereocenters. The van der Waals surface area contributed by atoms with Crippen LogP contribution < -0.4 is 5.32 Å². The summed E-state index contributed by atoms with van der Waals surface area (Å²) < 4.78 is 1.95. The Hall–Kier alpha value is -0.140. The second-order valence-corrected chi connectivity index (χ2v) is 7.34. The van der Waals surface area contributed by atoms with Crippen molar-refractivity contribution in [1.82, 2.24) is 10.2 Å². The van der Waals surface area contributed by atoms with Crippen LogP contribution in [0.15, 0.2) is 22.7 Å². The summed E-state index contributed by atoms with van der Waals surface area (Å²) in [5, 5.41) is 3.22. The largest absolute Gasteiger partial charge is 0.348 e. The number of nitrogens with zero attached hydrogens (tertiary/aromatic N) is 1. The van der Waals surface area contributed by atoms with Gasteiger partial charge in [-0.25, -0.2) is 0 Å². The fourth-order valence-electron chi connectivity index (χ4n) is 3.17. The summed E-state index contributed by atoms with van der Waals surface area (Å²) >= 11 is 5.70. The van der Waals surface area contributed by atoms with Gasteiger partial charge in [-0.3, -0.25) is 9.69 Å². The number of fused-ring (bicyclic) bond motifs is 1. The molecule has 2 aliphatic rings. The Morgan fingerprint density at radius 1 is 1.37 bits per heavy atom. The normalized spacial score (nSPS) is 26.4. The van der Waals surface area contributed by atoms with Crippen LogP contribution in [0.5, 0.6) is 0 Å². The minimum absolute atomic E-state index is 0.0455. The number of hydrogen-bond acceptors (Lipinski definition) is 2. The van der Waals surface area contributed by atoms with Gasteiger partial charge in [-0.05, 0) is 82.5 Å². The van der Waals surface area contributed by atoms with E-state index < -0.39 is 0 Å². The van der Waals surface area contributed by atoms with E-state index in [4.69, 9.17) is 0 Å². The highest BCUT2D eigenvalue weighted by Crippen LogP contribution is 2.28. The number of nitrogens with one attached hydrogen (secondary N) is 1. The molecule has 2 saturated heterocycles. The quantitative estimate of drug-likeness (QED) is 0.725. The van der Waals surface area contributed by atoms with Crippen molar-refractivity contribution in [3.8, 4) is 0 Å². The van der Waals surface area contributed by atoms with Crippen molar-refractivity contribution in [2.24, 2.45) is 0 Å². The van der Waals surface area contributed by atoms with Crippen molar-refractivity contribution in [2.45, 2.75) is 31.3 Å². The van der Waals surface area contributed by atoms with E-state index in [2.05, 4.69) is 48.7 Å². The van der Waals surface area contributed by atoms with E-state index in [9.17, 15) is 4.79 Å². The van der Waals surface area contributed by atoms with Gasteiger partial charge in [0, 0.05) is 26.7 Å². The van der Waals surface area contributed by atoms with Crippen LogP contribution in [-0.4, -0.2) is 36.0 Å². The summed E-state index contributed by atoms with van der Waals surface area (Å²) in [7, 11) is 0. The van der Waals surface area contributed by atoms with Crippen molar-refractivity contribution in [2.75, 3.05) is 13.1 Å². The lowest BCUT2D eigenvalue weighted by molar-refractivity contribution is 0.0928. The number of halogens is 2. The third-order valence-electron chi connectivity index (χ3n) is 4.10. The van der Waals surface area contributed by atoms with Gasteiger partial charge in [-0.15, -0.1) is 0 Å². The molecule has 0 spiro atoms. The number of carbonyl (C=O) groups is 1. The Bertz CT molecular complexity index is 508. The van der Waals surface area contributed by atoms with Crippen molar-refractivity contribution in [3.05, 3.63) is 31.8 Å². The van der Waals surface area contributed by atoms with Crippen molar-refractivity contribution in [1.29, 1.82) is 0 Å². The van der Waals surface area contributed by atoms with Gasteiger partial charge in [0.1, 0.15) is 0 Å². The lowest BCUT2D eigenvalue weighted by atomic mass is 10.1. The Morgan fingerprint density at radius 3 is 3.05 bits per heavy atom. The van der Waals surface area contributed by atoms with Crippen LogP contribution in [0.1, 0.15) is 29.6 Å². The highest BCUT2D eigenvalue weighted by molar-refractivity contribution is 14.1. The van der Waals surface area contributed by atoms with Crippen LogP contribution in [0.25, 0.3) is 0 Å². The zero-order chi connectivity index (χ0) is 13.4. The molecule has 3 rings (SSSR count). The molecule has 1 amide bonds. The first-order valence-corrected chi connectivity index (χ1v) is 8.52. The van der Waals surface area contributed by atoms with E-state index in [0.717, 1.165) is 26.6 Å². The second-order valence-electron chi connectivity index (χ2n) is 5.24. The lowest BCUT2D eigenvalue weighted by Crippen LogP contribution is -2.42. The van der Waals surface area contributed by atoms with E-state index in [1.807, 2.05) is 18.2 Å². The predicted octanol–water partition coefficient (Wildman–Crippen LogP) is 3.02. The van der Waals surface area contributed by atoms with Gasteiger partial charge in [0.2, 0.25) is 0 Å². The highest BCUT2D eigenvalue weighted by Gasteiger charge is 2.37. The van der Waals surface area contributed by atoms with Crippen LogP contribution >= 0.6 is 38.5 Å². The zero-order valence-corrected chi connectivity index (χ0v) is 14.3. The average molecular weight is 435 g/mol. The maximum atomic E-state index is 12.4. The van der Waals surface area contributed by atoms with Gasteiger partial charge >= 0.3 is 0 Å². The molecule has 1 N–H and O–H groups in total. The van der Waals surface area contributed by atoms with Crippen LogP contribution in [0.2, 0.25) is 0 Å². The summed E-state index contributed by atoms with van der Waals surface area (Å²) in [6.45, 7) is 2.33. The molecule has 0 saturated carbocycles. The molecular weight excluding hydrogens is 419 g/mol. The Kier molecular flexibility index (Phi) is 4.14. The van der Waals surface area contributed by atoms with Crippen molar-refractivity contribution >= 4 is 44.4 Å². The van der Waals surface area contributed by atoms with Gasteiger partial charge in [0.05, 0.1) is 5.56 Å². The van der Waals surface area contributed by atoms with Crippen molar-refractivity contribution in [3.63, 3.8) is 0 Å². The maximum absolute atomic E-state index is 12.4. The van der Waals surface area contributed by atoms with E-state index in [1.165, 1.54) is 19.4 Å². The summed E-state index contributed by atoms with van der Waals surface area (Å²) in [6, 6.07) is 6.75. The molecule has 2 heterocycles. The molecule has 2 fully saturated rings. The van der Waals surface area contributed by atoms with E-state index in [-0.39, 0.29) is 5.91 Å². The Balaban J connectivity index is 1.73. The molecular formula is C14H16BrIN2O. The van der Waals surface area contributed by atoms with Gasteiger partial charge < -0.3 is 5.32 Å². The monoisotopic (exact) mass is 434 g/mol. The molecule has 0 bridgehead atoms. The zero-order valence-electron chi connectivity index (χ0n) is 10.5. The molecule has 3 nitrogen and oxygen atoms in total. The third-order valence-corrected chi connectivity index (χ3v) is 5.46. The fourth-order valence-corrected chi connectivity index (χ4v) is 4.09. The van der Waals surface area contributed by atoms with Gasteiger partial charge in [0.15, 0.2) is 0 Å². The van der Waals surface area contributed by atoms with Crippen LogP contribution in [0.4, 0.5) is 0 Å². The van der Waals surface area contributed by atoms with Crippen LogP contribution in [-0.2, 0) is 0 Å². The molecule has 1 aromatic carbocycles. The van der Waals surface area contributed by atoms with Crippen molar-refractivity contribution < 1.29 is 4.79 Å². The number of hydrogen-bond donors (Lipinski definition) is 1. The average Bonchev–Trinajstić information content (AvgIpc) is 2.97. The van der Waals surface area contributed by atoms with Gasteiger partial charge in [-0.1, -0.05) is 0 Å². The number of benzene rings is 1. The first-order valence-electron chi connectivity index (χ1n) is 6.65. The minimum Gasteiger partial charge on any atom is -0.348 e. The highest BCUT2D eigenvalue weighted by atomic mass is 127. The summed E-state index contributed by atoms with van der Waals surface area (Å²) in [5.74, 6) is 0.0455. The molecule has 2 aliphatic heterocycles. The first kappa shape index (κ1) is 13.8. The molecule has 102 valence electrons. The summed E-state index contributed by atoms with van der Waals surface area (Å²) in [5.41, 5.74) is 0.739. The van der Waals surface area contributed by atoms with Crippen LogP contribution in [0.3, 0.4) is 0 Å². The maximum Gasteiger partial charge on any atom is 0.252 e. The van der Waals surface area contributed by atoms with Gasteiger partial charge in [0.25, 0.3) is 5.91 Å². The van der Waals surface area contributed by atoms with Gasteiger partial charge in [-0.2, -0.15) is 0 Å². The topological polar surface area (TPSA) is 32.3 Å². The Morgan fingerprint density at radius 2 is 2.21 bits per heavy atom. The Labute approximate surface area is 135 Å². The molecule has 0 radical (unpaired) electrons. The molecule has 1 aromatic rings. The number of amides is 1. The molecule has 5 heteroatoms. The fraction of sp³-hybridized carbons (Fsp3) is 0.500. The number of carbonyl (C=O) groups excluding carboxylic acids is 1. The second kappa shape index (κ2) is 5.69. The minimum atomic E-state index is 0.0455. The smallest absolute Gasteiger partial charge is 0.252 e. The molecule has 19 heavy (non-hydrogen) atoms. The predicted molar refractivity (Wildman–Crippen MR) is 87.3 cm³/mol.